The van der Waals surface area contributed by atoms with Gasteiger partial charge in [-0.1, -0.05) is 30.3 Å². The SMILES string of the molecule is CN(Cc1ccccc1)S(=O)(=O)c1ccc(NC(=O)COc2ccc3c(c2)CCC(=O)N3)cc1. The number of benzene rings is 3. The Labute approximate surface area is 198 Å². The van der Waals surface area contributed by atoms with E-state index in [0.717, 1.165) is 16.8 Å². The Kier molecular flexibility index (Phi) is 6.95. The molecule has 2 N–H and O–H groups in total. The maximum atomic E-state index is 12.8. The number of amides is 2. The number of aryl methyl sites for hydroxylation is 1. The van der Waals surface area contributed by atoms with Gasteiger partial charge < -0.3 is 15.4 Å². The Bertz CT molecular complexity index is 1290. The Balaban J connectivity index is 1.32. The van der Waals surface area contributed by atoms with Gasteiger partial charge in [0.05, 0.1) is 4.90 Å². The number of ether oxygens (including phenoxy) is 1. The number of hydrogen-bond donors (Lipinski definition) is 2. The molecular weight excluding hydrogens is 454 g/mol. The summed E-state index contributed by atoms with van der Waals surface area (Å²) in [5.41, 5.74) is 3.08. The molecule has 0 aliphatic carbocycles. The van der Waals surface area contributed by atoms with Crippen molar-refractivity contribution in [3.63, 3.8) is 0 Å². The van der Waals surface area contributed by atoms with Crippen molar-refractivity contribution in [1.82, 2.24) is 4.31 Å². The van der Waals surface area contributed by atoms with E-state index in [9.17, 15) is 18.0 Å². The van der Waals surface area contributed by atoms with Crippen LogP contribution in [0.5, 0.6) is 5.75 Å². The smallest absolute Gasteiger partial charge is 0.262 e. The van der Waals surface area contributed by atoms with Crippen LogP contribution in [0.15, 0.2) is 77.7 Å². The molecule has 3 aromatic rings. The fourth-order valence-corrected chi connectivity index (χ4v) is 4.77. The summed E-state index contributed by atoms with van der Waals surface area (Å²) in [7, 11) is -2.14. The van der Waals surface area contributed by atoms with Gasteiger partial charge in [-0.05, 0) is 60.0 Å². The molecule has 4 rings (SSSR count). The molecule has 1 aliphatic rings. The topological polar surface area (TPSA) is 105 Å². The number of sulfonamides is 1. The lowest BCUT2D eigenvalue weighted by Gasteiger charge is -2.18. The molecule has 0 unspecified atom stereocenters. The van der Waals surface area contributed by atoms with Gasteiger partial charge in [0.2, 0.25) is 15.9 Å². The highest BCUT2D eigenvalue weighted by Crippen LogP contribution is 2.27. The predicted molar refractivity (Wildman–Crippen MR) is 129 cm³/mol. The van der Waals surface area contributed by atoms with Gasteiger partial charge in [-0.3, -0.25) is 9.59 Å². The third kappa shape index (κ3) is 5.62. The molecule has 2 amide bonds. The lowest BCUT2D eigenvalue weighted by atomic mass is 10.0. The van der Waals surface area contributed by atoms with Crippen LogP contribution in [0, 0.1) is 0 Å². The van der Waals surface area contributed by atoms with Crippen LogP contribution in [0.2, 0.25) is 0 Å². The number of carbonyl (C=O) groups excluding carboxylic acids is 2. The molecule has 176 valence electrons. The fraction of sp³-hybridized carbons (Fsp3) is 0.200. The second-order valence-electron chi connectivity index (χ2n) is 7.98. The summed E-state index contributed by atoms with van der Waals surface area (Å²) < 4.78 is 32.5. The largest absolute Gasteiger partial charge is 0.484 e. The van der Waals surface area contributed by atoms with E-state index >= 15 is 0 Å². The van der Waals surface area contributed by atoms with Crippen LogP contribution in [0.4, 0.5) is 11.4 Å². The Hall–Kier alpha value is -3.69. The molecule has 0 fully saturated rings. The first-order chi connectivity index (χ1) is 16.3. The number of hydrogen-bond acceptors (Lipinski definition) is 5. The highest BCUT2D eigenvalue weighted by molar-refractivity contribution is 7.89. The first-order valence-corrected chi connectivity index (χ1v) is 12.2. The normalized spacial score (nSPS) is 13.2. The molecule has 0 saturated heterocycles. The number of anilines is 2. The minimum absolute atomic E-state index is 0.0118. The fourth-order valence-electron chi connectivity index (χ4n) is 3.61. The standard InChI is InChI=1S/C25H25N3O5S/c1-28(16-18-5-3-2-4-6-18)34(31,32)22-11-8-20(9-12-22)26-25(30)17-33-21-10-13-23-19(15-21)7-14-24(29)27-23/h2-6,8-13,15H,7,14,16-17H2,1H3,(H,26,30)(H,27,29). The van der Waals surface area contributed by atoms with Gasteiger partial charge in [0.15, 0.2) is 6.61 Å². The molecule has 0 atom stereocenters. The van der Waals surface area contributed by atoms with E-state index in [1.807, 2.05) is 36.4 Å². The number of fused-ring (bicyclic) bond motifs is 1. The molecule has 3 aromatic carbocycles. The maximum Gasteiger partial charge on any atom is 0.262 e. The van der Waals surface area contributed by atoms with E-state index in [1.165, 1.54) is 23.5 Å². The van der Waals surface area contributed by atoms with E-state index < -0.39 is 10.0 Å². The molecule has 34 heavy (non-hydrogen) atoms. The predicted octanol–water partition coefficient (Wildman–Crippen LogP) is 3.41. The minimum Gasteiger partial charge on any atom is -0.484 e. The van der Waals surface area contributed by atoms with Crippen molar-refractivity contribution in [3.8, 4) is 5.75 Å². The summed E-state index contributed by atoms with van der Waals surface area (Å²) >= 11 is 0. The van der Waals surface area contributed by atoms with Crippen LogP contribution < -0.4 is 15.4 Å². The molecule has 0 bridgehead atoms. The molecule has 9 heteroatoms. The van der Waals surface area contributed by atoms with Gasteiger partial charge in [0.25, 0.3) is 5.91 Å². The van der Waals surface area contributed by atoms with Crippen molar-refractivity contribution in [3.05, 3.63) is 83.9 Å². The summed E-state index contributed by atoms with van der Waals surface area (Å²) in [5, 5.41) is 5.50. The van der Waals surface area contributed by atoms with E-state index in [0.29, 0.717) is 24.3 Å². The zero-order chi connectivity index (χ0) is 24.1. The number of carbonyl (C=O) groups is 2. The zero-order valence-corrected chi connectivity index (χ0v) is 19.5. The van der Waals surface area contributed by atoms with Crippen molar-refractivity contribution < 1.29 is 22.7 Å². The van der Waals surface area contributed by atoms with Gasteiger partial charge >= 0.3 is 0 Å². The van der Waals surface area contributed by atoms with E-state index in [2.05, 4.69) is 10.6 Å². The van der Waals surface area contributed by atoms with Crippen LogP contribution in [-0.4, -0.2) is 38.2 Å². The van der Waals surface area contributed by atoms with Crippen LogP contribution in [0.3, 0.4) is 0 Å². The van der Waals surface area contributed by atoms with E-state index in [4.69, 9.17) is 4.74 Å². The second-order valence-corrected chi connectivity index (χ2v) is 10.0. The lowest BCUT2D eigenvalue weighted by molar-refractivity contribution is -0.118. The van der Waals surface area contributed by atoms with E-state index in [-0.39, 0.29) is 29.9 Å². The minimum atomic E-state index is -3.67. The molecule has 8 nitrogen and oxygen atoms in total. The number of nitrogens with zero attached hydrogens (tertiary/aromatic N) is 1. The quantitative estimate of drug-likeness (QED) is 0.515. The Morgan fingerprint density at radius 1 is 1.03 bits per heavy atom. The Morgan fingerprint density at radius 2 is 1.76 bits per heavy atom. The summed E-state index contributed by atoms with van der Waals surface area (Å²) in [6.07, 6.45) is 1.05. The first-order valence-electron chi connectivity index (χ1n) is 10.8. The van der Waals surface area contributed by atoms with Gasteiger partial charge in [-0.2, -0.15) is 4.31 Å². The molecule has 0 saturated carbocycles. The Morgan fingerprint density at radius 3 is 2.50 bits per heavy atom. The van der Waals surface area contributed by atoms with Crippen molar-refractivity contribution >= 4 is 33.2 Å². The lowest BCUT2D eigenvalue weighted by Crippen LogP contribution is -2.26. The zero-order valence-electron chi connectivity index (χ0n) is 18.7. The van der Waals surface area contributed by atoms with Crippen molar-refractivity contribution in [2.45, 2.75) is 24.3 Å². The van der Waals surface area contributed by atoms with Gasteiger partial charge in [0, 0.05) is 31.4 Å². The molecule has 1 heterocycles. The van der Waals surface area contributed by atoms with Crippen molar-refractivity contribution in [1.29, 1.82) is 0 Å². The van der Waals surface area contributed by atoms with Crippen LogP contribution in [-0.2, 0) is 32.6 Å². The third-order valence-electron chi connectivity index (χ3n) is 5.44. The number of rotatable bonds is 8. The van der Waals surface area contributed by atoms with Gasteiger partial charge in [-0.25, -0.2) is 8.42 Å². The highest BCUT2D eigenvalue weighted by Gasteiger charge is 2.21. The molecule has 0 radical (unpaired) electrons. The van der Waals surface area contributed by atoms with Crippen molar-refractivity contribution in [2.24, 2.45) is 0 Å². The number of nitrogens with one attached hydrogen (secondary N) is 2. The third-order valence-corrected chi connectivity index (χ3v) is 7.25. The van der Waals surface area contributed by atoms with E-state index in [1.54, 1.807) is 24.3 Å². The van der Waals surface area contributed by atoms with Crippen LogP contribution in [0.25, 0.3) is 0 Å². The molecule has 0 spiro atoms. The van der Waals surface area contributed by atoms with Crippen molar-refractivity contribution in [2.75, 3.05) is 24.3 Å². The van der Waals surface area contributed by atoms with Crippen LogP contribution in [0.1, 0.15) is 17.5 Å². The summed E-state index contributed by atoms with van der Waals surface area (Å²) in [6, 6.07) is 20.6. The molecule has 0 aromatic heterocycles. The average molecular weight is 480 g/mol. The highest BCUT2D eigenvalue weighted by atomic mass is 32.2. The second kappa shape index (κ2) is 10.1. The van der Waals surface area contributed by atoms with Crippen LogP contribution >= 0.6 is 0 Å². The summed E-state index contributed by atoms with van der Waals surface area (Å²) in [5.74, 6) is 0.151. The maximum absolute atomic E-state index is 12.8. The monoisotopic (exact) mass is 479 g/mol. The molecular formula is C25H25N3O5S. The summed E-state index contributed by atoms with van der Waals surface area (Å²) in [4.78, 5) is 23.9. The summed E-state index contributed by atoms with van der Waals surface area (Å²) in [6.45, 7) is 0.0546. The van der Waals surface area contributed by atoms with Gasteiger partial charge in [-0.15, -0.1) is 0 Å². The van der Waals surface area contributed by atoms with Gasteiger partial charge in [0.1, 0.15) is 5.75 Å². The first kappa shape index (κ1) is 23.5. The molecule has 1 aliphatic heterocycles. The average Bonchev–Trinajstić information content (AvgIpc) is 2.83.